The van der Waals surface area contributed by atoms with Gasteiger partial charge >= 0.3 is 5.97 Å². The number of carboxylic acids is 1. The lowest BCUT2D eigenvalue weighted by Crippen LogP contribution is -2.24. The van der Waals surface area contributed by atoms with Crippen molar-refractivity contribution >= 4 is 23.1 Å². The molecule has 3 rings (SSSR count). The molecule has 2 atom stereocenters. The molecule has 20 heavy (non-hydrogen) atoms. The number of H-pyrrole nitrogens is 2. The standard InChI is InChI=1S/C12H13N5O3/c13-12-16-9-7(10(18)17-12)14-8(15-9)5-3-1-2-4-6(5)11(19)20/h1-2,5-6H,3-4H2,(H,19,20)(H4,13,14,15,16,17,18). The number of nitrogens with zero attached hydrogens (tertiary/aromatic N) is 2. The first-order chi connectivity index (χ1) is 9.56. The third-order valence-electron chi connectivity index (χ3n) is 3.50. The zero-order chi connectivity index (χ0) is 14.3. The van der Waals surface area contributed by atoms with Gasteiger partial charge < -0.3 is 15.8 Å². The van der Waals surface area contributed by atoms with Crippen molar-refractivity contribution in [2.24, 2.45) is 5.92 Å². The molecule has 0 spiro atoms. The minimum absolute atomic E-state index is 0.0149. The molecule has 5 N–H and O–H groups in total. The van der Waals surface area contributed by atoms with Crippen LogP contribution in [-0.4, -0.2) is 31.0 Å². The van der Waals surface area contributed by atoms with Crippen molar-refractivity contribution in [3.05, 3.63) is 28.3 Å². The summed E-state index contributed by atoms with van der Waals surface area (Å²) in [4.78, 5) is 36.4. The average Bonchev–Trinajstić information content (AvgIpc) is 2.82. The summed E-state index contributed by atoms with van der Waals surface area (Å²) in [7, 11) is 0. The number of nitrogens with one attached hydrogen (secondary N) is 2. The van der Waals surface area contributed by atoms with E-state index in [0.717, 1.165) is 0 Å². The second kappa shape index (κ2) is 4.48. The van der Waals surface area contributed by atoms with Crippen molar-refractivity contribution in [1.29, 1.82) is 0 Å². The van der Waals surface area contributed by atoms with E-state index >= 15 is 0 Å². The fourth-order valence-corrected chi connectivity index (χ4v) is 2.51. The number of nitrogens with two attached hydrogens (primary N) is 1. The van der Waals surface area contributed by atoms with Crippen molar-refractivity contribution in [3.8, 4) is 0 Å². The van der Waals surface area contributed by atoms with Crippen LogP contribution in [0.25, 0.3) is 11.2 Å². The first kappa shape index (κ1) is 12.4. The van der Waals surface area contributed by atoms with Crippen LogP contribution in [0.15, 0.2) is 16.9 Å². The van der Waals surface area contributed by atoms with E-state index in [2.05, 4.69) is 19.9 Å². The van der Waals surface area contributed by atoms with Crippen molar-refractivity contribution in [2.75, 3.05) is 5.73 Å². The minimum Gasteiger partial charge on any atom is -0.481 e. The molecule has 0 saturated heterocycles. The Balaban J connectivity index is 2.10. The molecule has 1 aliphatic rings. The van der Waals surface area contributed by atoms with E-state index in [0.29, 0.717) is 18.7 Å². The summed E-state index contributed by atoms with van der Waals surface area (Å²) in [6.45, 7) is 0. The largest absolute Gasteiger partial charge is 0.481 e. The van der Waals surface area contributed by atoms with E-state index in [1.165, 1.54) is 0 Å². The first-order valence-corrected chi connectivity index (χ1v) is 6.19. The lowest BCUT2D eigenvalue weighted by atomic mass is 9.82. The van der Waals surface area contributed by atoms with Gasteiger partial charge in [-0.2, -0.15) is 4.98 Å². The van der Waals surface area contributed by atoms with Gasteiger partial charge in [-0.1, -0.05) is 12.2 Å². The molecule has 1 aliphatic carbocycles. The van der Waals surface area contributed by atoms with Crippen LogP contribution < -0.4 is 11.3 Å². The molecule has 0 fully saturated rings. The van der Waals surface area contributed by atoms with E-state index in [1.807, 2.05) is 12.2 Å². The van der Waals surface area contributed by atoms with Crippen LogP contribution in [0.3, 0.4) is 0 Å². The van der Waals surface area contributed by atoms with Gasteiger partial charge in [-0.15, -0.1) is 0 Å². The molecule has 0 saturated carbocycles. The van der Waals surface area contributed by atoms with Crippen LogP contribution in [-0.2, 0) is 4.79 Å². The maximum atomic E-state index is 11.7. The normalized spacial score (nSPS) is 22.2. The zero-order valence-electron chi connectivity index (χ0n) is 10.5. The maximum absolute atomic E-state index is 11.7. The molecule has 2 aromatic rings. The number of aromatic nitrogens is 4. The summed E-state index contributed by atoms with van der Waals surface area (Å²) in [5, 5.41) is 9.26. The number of nitrogen functional groups attached to an aromatic ring is 1. The Labute approximate surface area is 112 Å². The number of hydrogen-bond acceptors (Lipinski definition) is 5. The number of fused-ring (bicyclic) bond motifs is 1. The summed E-state index contributed by atoms with van der Waals surface area (Å²) in [6.07, 6.45) is 4.78. The lowest BCUT2D eigenvalue weighted by Gasteiger charge is -2.22. The highest BCUT2D eigenvalue weighted by Crippen LogP contribution is 2.33. The third-order valence-corrected chi connectivity index (χ3v) is 3.50. The molecular weight excluding hydrogens is 262 g/mol. The van der Waals surface area contributed by atoms with Gasteiger partial charge in [0.05, 0.1) is 5.92 Å². The number of allylic oxidation sites excluding steroid dienone is 2. The van der Waals surface area contributed by atoms with Crippen LogP contribution in [0.1, 0.15) is 24.6 Å². The third kappa shape index (κ3) is 1.94. The fourth-order valence-electron chi connectivity index (χ4n) is 2.51. The van der Waals surface area contributed by atoms with Gasteiger partial charge in [0.1, 0.15) is 5.82 Å². The zero-order valence-corrected chi connectivity index (χ0v) is 10.5. The number of aliphatic carboxylic acids is 1. The van der Waals surface area contributed by atoms with Gasteiger partial charge in [-0.3, -0.25) is 14.6 Å². The number of imidazole rings is 1. The molecule has 2 aromatic heterocycles. The molecule has 0 aromatic carbocycles. The van der Waals surface area contributed by atoms with Gasteiger partial charge in [-0.25, -0.2) is 4.98 Å². The molecule has 0 amide bonds. The number of carbonyl (C=O) groups is 1. The van der Waals surface area contributed by atoms with Gasteiger partial charge in [0, 0.05) is 5.92 Å². The monoisotopic (exact) mass is 275 g/mol. The van der Waals surface area contributed by atoms with E-state index < -0.39 is 17.4 Å². The molecule has 8 heteroatoms. The molecule has 0 aliphatic heterocycles. The molecule has 0 bridgehead atoms. The summed E-state index contributed by atoms with van der Waals surface area (Å²) < 4.78 is 0. The summed E-state index contributed by atoms with van der Waals surface area (Å²) in [5.41, 5.74) is 5.47. The smallest absolute Gasteiger partial charge is 0.307 e. The van der Waals surface area contributed by atoms with Crippen LogP contribution >= 0.6 is 0 Å². The van der Waals surface area contributed by atoms with Crippen LogP contribution in [0.4, 0.5) is 5.95 Å². The van der Waals surface area contributed by atoms with Crippen molar-refractivity contribution < 1.29 is 9.90 Å². The van der Waals surface area contributed by atoms with Gasteiger partial charge in [0.15, 0.2) is 11.2 Å². The van der Waals surface area contributed by atoms with Crippen molar-refractivity contribution in [1.82, 2.24) is 19.9 Å². The quantitative estimate of drug-likeness (QED) is 0.584. The second-order valence-electron chi connectivity index (χ2n) is 4.77. The first-order valence-electron chi connectivity index (χ1n) is 6.19. The highest BCUT2D eigenvalue weighted by molar-refractivity contribution is 5.73. The SMILES string of the molecule is Nc1nc2nc(C3CC=CCC3C(=O)O)[nH]c2c(=O)[nH]1. The van der Waals surface area contributed by atoms with Crippen LogP contribution in [0.5, 0.6) is 0 Å². The Kier molecular flexibility index (Phi) is 2.78. The predicted octanol–water partition coefficient (Wildman–Crippen LogP) is 0.363. The number of anilines is 1. The van der Waals surface area contributed by atoms with Crippen LogP contribution in [0, 0.1) is 5.92 Å². The molecule has 8 nitrogen and oxygen atoms in total. The van der Waals surface area contributed by atoms with Gasteiger partial charge in [0.2, 0.25) is 5.95 Å². The summed E-state index contributed by atoms with van der Waals surface area (Å²) in [5.74, 6) is -1.29. The molecule has 104 valence electrons. The lowest BCUT2D eigenvalue weighted by molar-refractivity contribution is -0.142. The number of hydrogen-bond donors (Lipinski definition) is 4. The van der Waals surface area contributed by atoms with E-state index in [-0.39, 0.29) is 23.0 Å². The second-order valence-corrected chi connectivity index (χ2v) is 4.77. The fraction of sp³-hybridized carbons (Fsp3) is 0.333. The number of carboxylic acid groups (broad SMARTS) is 1. The minimum atomic E-state index is -0.874. The number of rotatable bonds is 2. The molecule has 2 unspecified atom stereocenters. The molecule has 2 heterocycles. The summed E-state index contributed by atoms with van der Waals surface area (Å²) in [6, 6.07) is 0. The highest BCUT2D eigenvalue weighted by atomic mass is 16.4. The number of aromatic amines is 2. The predicted molar refractivity (Wildman–Crippen MR) is 71.2 cm³/mol. The highest BCUT2D eigenvalue weighted by Gasteiger charge is 2.32. The Morgan fingerprint density at radius 2 is 2.05 bits per heavy atom. The Morgan fingerprint density at radius 3 is 2.80 bits per heavy atom. The van der Waals surface area contributed by atoms with E-state index in [4.69, 9.17) is 5.73 Å². The van der Waals surface area contributed by atoms with Gasteiger partial charge in [-0.05, 0) is 12.8 Å². The summed E-state index contributed by atoms with van der Waals surface area (Å²) >= 11 is 0. The van der Waals surface area contributed by atoms with E-state index in [9.17, 15) is 14.7 Å². The van der Waals surface area contributed by atoms with Crippen molar-refractivity contribution in [3.63, 3.8) is 0 Å². The molecule has 0 radical (unpaired) electrons. The average molecular weight is 275 g/mol. The van der Waals surface area contributed by atoms with Gasteiger partial charge in [0.25, 0.3) is 5.56 Å². The topological polar surface area (TPSA) is 138 Å². The maximum Gasteiger partial charge on any atom is 0.307 e. The Hall–Kier alpha value is -2.64. The van der Waals surface area contributed by atoms with E-state index in [1.54, 1.807) is 0 Å². The molecular formula is C12H13N5O3. The van der Waals surface area contributed by atoms with Crippen molar-refractivity contribution in [2.45, 2.75) is 18.8 Å². The Bertz CT molecular complexity index is 760. The van der Waals surface area contributed by atoms with Crippen LogP contribution in [0.2, 0.25) is 0 Å². The Morgan fingerprint density at radius 1 is 1.30 bits per heavy atom.